The highest BCUT2D eigenvalue weighted by Crippen LogP contribution is 2.71. The lowest BCUT2D eigenvalue weighted by Gasteiger charge is -2.28. The van der Waals surface area contributed by atoms with Crippen LogP contribution in [0.15, 0.2) is 36.5 Å². The maximum atomic E-state index is 15.2. The first-order valence-electron chi connectivity index (χ1n) is 12.9. The summed E-state index contributed by atoms with van der Waals surface area (Å²) in [6.07, 6.45) is -4.23. The largest absolute Gasteiger partial charge is 0.401 e. The second kappa shape index (κ2) is 8.99. The Bertz CT molecular complexity index is 1720. The van der Waals surface area contributed by atoms with Gasteiger partial charge >= 0.3 is 6.18 Å². The van der Waals surface area contributed by atoms with Crippen LogP contribution in [0.2, 0.25) is 5.15 Å². The van der Waals surface area contributed by atoms with Crippen molar-refractivity contribution < 1.29 is 39.9 Å². The topological polar surface area (TPSA) is 106 Å². The summed E-state index contributed by atoms with van der Waals surface area (Å²) in [6, 6.07) is 5.91. The predicted molar refractivity (Wildman–Crippen MR) is 142 cm³/mol. The number of halogens is 6. The molecule has 3 aromatic rings. The van der Waals surface area contributed by atoms with Crippen LogP contribution in [0.5, 0.6) is 0 Å². The van der Waals surface area contributed by atoms with Gasteiger partial charge in [-0.05, 0) is 31.5 Å². The fourth-order valence-corrected chi connectivity index (χ4v) is 8.27. The Morgan fingerprint density at radius 3 is 2.45 bits per heavy atom. The average Bonchev–Trinajstić information content (AvgIpc) is 3.29. The number of benzene rings is 1. The summed E-state index contributed by atoms with van der Waals surface area (Å²) < 4.78 is 104. The van der Waals surface area contributed by atoms with Gasteiger partial charge in [0.05, 0.1) is 47.1 Å². The zero-order chi connectivity index (χ0) is 30.6. The van der Waals surface area contributed by atoms with Crippen LogP contribution in [-0.4, -0.2) is 78.3 Å². The number of methoxy groups -OCH3 is 1. The number of carbonyl (C=O) groups excluding carboxylic acids is 1. The summed E-state index contributed by atoms with van der Waals surface area (Å²) in [4.78, 5) is 18.6. The minimum absolute atomic E-state index is 0.0204. The molecule has 2 aromatic heterocycles. The summed E-state index contributed by atoms with van der Waals surface area (Å²) in [5.41, 5.74) is -4.00. The third-order valence-electron chi connectivity index (χ3n) is 8.83. The van der Waals surface area contributed by atoms with E-state index >= 15 is 8.78 Å². The van der Waals surface area contributed by atoms with E-state index in [1.54, 1.807) is 0 Å². The first-order chi connectivity index (χ1) is 19.4. The number of sulfone groups is 1. The molecule has 1 saturated carbocycles. The van der Waals surface area contributed by atoms with Crippen molar-refractivity contribution >= 4 is 44.4 Å². The molecule has 1 N–H and O–H groups in total. The number of alkyl halides is 5. The fraction of sp³-hybridized carbons (Fsp3) is 0.500. The molecule has 42 heavy (non-hydrogen) atoms. The number of nitrogens with one attached hydrogen (secondary N) is 1. The zero-order valence-electron chi connectivity index (χ0n) is 22.4. The first-order valence-corrected chi connectivity index (χ1v) is 15.1. The number of rotatable bonds is 5. The lowest BCUT2D eigenvalue weighted by Crippen LogP contribution is -2.47. The van der Waals surface area contributed by atoms with Crippen LogP contribution in [0.25, 0.3) is 5.65 Å². The number of hydrogen-bond acceptors (Lipinski definition) is 7. The maximum absolute atomic E-state index is 15.2. The van der Waals surface area contributed by atoms with Gasteiger partial charge in [0.25, 0.3) is 5.92 Å². The molecule has 16 heteroatoms. The van der Waals surface area contributed by atoms with Crippen LogP contribution in [0, 0.1) is 5.41 Å². The van der Waals surface area contributed by atoms with E-state index in [1.807, 2.05) is 0 Å². The smallest absolute Gasteiger partial charge is 0.378 e. The highest BCUT2D eigenvalue weighted by atomic mass is 35.5. The Kier molecular flexibility index (Phi) is 6.22. The van der Waals surface area contributed by atoms with Crippen molar-refractivity contribution in [2.24, 2.45) is 5.41 Å². The van der Waals surface area contributed by atoms with Crippen molar-refractivity contribution in [2.75, 3.05) is 30.1 Å². The molecule has 9 nitrogen and oxygen atoms in total. The molecule has 0 bridgehead atoms. The van der Waals surface area contributed by atoms with Crippen LogP contribution < -0.4 is 10.2 Å². The number of anilines is 2. The van der Waals surface area contributed by atoms with Crippen LogP contribution >= 0.6 is 11.6 Å². The molecule has 2 fully saturated rings. The quantitative estimate of drug-likeness (QED) is 0.423. The van der Waals surface area contributed by atoms with E-state index in [0.29, 0.717) is 5.69 Å². The highest BCUT2D eigenvalue weighted by molar-refractivity contribution is 7.91. The molecule has 1 saturated heterocycles. The van der Waals surface area contributed by atoms with Crippen molar-refractivity contribution in [3.05, 3.63) is 52.9 Å². The van der Waals surface area contributed by atoms with Gasteiger partial charge in [0, 0.05) is 25.4 Å². The lowest BCUT2D eigenvalue weighted by atomic mass is 9.87. The Balaban J connectivity index is 1.29. The second-order valence-electron chi connectivity index (χ2n) is 11.4. The van der Waals surface area contributed by atoms with Crippen molar-refractivity contribution in [1.29, 1.82) is 0 Å². The van der Waals surface area contributed by atoms with Gasteiger partial charge in [0.1, 0.15) is 10.8 Å². The standard InChI is InChI=1S/C26H25ClF5N5O4S/c1-23(26(30,31)32)12-36(16-9-33-19-8-18(27)35-37(19)21(16)23)14-6-4-13(5-7-14)20-24(2,25(20,28)29)22(38)34-15-10-42(39,40)11-17(15)41-3/h4-9,15,17,20H,10-12H2,1-3H3,(H,34,38)/t15?,17?,20-,23-,24+/m1/s1. The van der Waals surface area contributed by atoms with Gasteiger partial charge in [-0.15, -0.1) is 0 Å². The van der Waals surface area contributed by atoms with Crippen LogP contribution in [0.3, 0.4) is 0 Å². The minimum Gasteiger partial charge on any atom is -0.378 e. The molecule has 6 rings (SSSR count). The van der Waals surface area contributed by atoms with E-state index in [2.05, 4.69) is 15.4 Å². The molecular formula is C26H25ClF5N5O4S. The highest BCUT2D eigenvalue weighted by Gasteiger charge is 2.82. The van der Waals surface area contributed by atoms with Crippen molar-refractivity contribution in [2.45, 2.75) is 49.4 Å². The molecule has 2 unspecified atom stereocenters. The van der Waals surface area contributed by atoms with Gasteiger partial charge in [-0.3, -0.25) is 4.79 Å². The Labute approximate surface area is 241 Å². The Hall–Kier alpha value is -3.04. The monoisotopic (exact) mass is 633 g/mol. The third-order valence-corrected chi connectivity index (χ3v) is 10.7. The van der Waals surface area contributed by atoms with Gasteiger partial charge in [-0.2, -0.15) is 18.3 Å². The zero-order valence-corrected chi connectivity index (χ0v) is 24.0. The molecule has 226 valence electrons. The molecule has 1 amide bonds. The third kappa shape index (κ3) is 4.03. The minimum atomic E-state index is -4.67. The summed E-state index contributed by atoms with van der Waals surface area (Å²) >= 11 is 5.95. The number of carbonyl (C=O) groups is 1. The van der Waals surface area contributed by atoms with Crippen molar-refractivity contribution in [3.63, 3.8) is 0 Å². The number of aromatic nitrogens is 3. The Morgan fingerprint density at radius 2 is 1.83 bits per heavy atom. The number of hydrogen-bond donors (Lipinski definition) is 1. The SMILES string of the molecule is COC1CS(=O)(=O)CC1NC(=O)[C@]1(C)[C@@H](c2ccc(N3C[C@@](C)(C(F)(F)F)c4c3cnc3cc(Cl)nn43)cc2)C1(F)F. The number of amides is 1. The molecule has 1 aromatic carbocycles. The molecular weight excluding hydrogens is 609 g/mol. The molecule has 0 radical (unpaired) electrons. The lowest BCUT2D eigenvalue weighted by molar-refractivity contribution is -0.181. The van der Waals surface area contributed by atoms with Gasteiger partial charge in [-0.25, -0.2) is 26.7 Å². The summed E-state index contributed by atoms with van der Waals surface area (Å²) in [6.45, 7) is 1.63. The summed E-state index contributed by atoms with van der Waals surface area (Å²) in [5.74, 6) is -6.74. The van der Waals surface area contributed by atoms with Gasteiger partial charge in [0.2, 0.25) is 5.91 Å². The molecule has 3 aliphatic rings. The fourth-order valence-electron chi connectivity index (χ4n) is 6.24. The van der Waals surface area contributed by atoms with Gasteiger partial charge < -0.3 is 15.0 Å². The summed E-state index contributed by atoms with van der Waals surface area (Å²) in [5, 5.41) is 6.42. The van der Waals surface area contributed by atoms with E-state index in [-0.39, 0.29) is 33.5 Å². The van der Waals surface area contributed by atoms with E-state index in [4.69, 9.17) is 16.3 Å². The molecule has 4 heterocycles. The van der Waals surface area contributed by atoms with Gasteiger partial charge in [0.15, 0.2) is 20.6 Å². The normalized spacial score (nSPS) is 31.4. The van der Waals surface area contributed by atoms with Crippen LogP contribution in [0.4, 0.5) is 33.3 Å². The average molecular weight is 634 g/mol. The van der Waals surface area contributed by atoms with Crippen LogP contribution in [-0.2, 0) is 24.8 Å². The van der Waals surface area contributed by atoms with E-state index in [9.17, 15) is 26.4 Å². The Morgan fingerprint density at radius 1 is 1.17 bits per heavy atom. The van der Waals surface area contributed by atoms with Crippen molar-refractivity contribution in [3.8, 4) is 0 Å². The number of ether oxygens (including phenoxy) is 1. The maximum Gasteiger partial charge on any atom is 0.401 e. The first kappa shape index (κ1) is 29.1. The summed E-state index contributed by atoms with van der Waals surface area (Å²) in [7, 11) is -2.22. The van der Waals surface area contributed by atoms with Crippen molar-refractivity contribution in [1.82, 2.24) is 19.9 Å². The molecule has 5 atom stereocenters. The number of fused-ring (bicyclic) bond motifs is 3. The molecule has 2 aliphatic heterocycles. The van der Waals surface area contributed by atoms with Gasteiger partial charge in [-0.1, -0.05) is 23.7 Å². The predicted octanol–water partition coefficient (Wildman–Crippen LogP) is 4.02. The molecule has 1 aliphatic carbocycles. The number of nitrogens with zero attached hydrogens (tertiary/aromatic N) is 4. The van der Waals surface area contributed by atoms with E-state index in [0.717, 1.165) is 18.4 Å². The molecule has 0 spiro atoms. The second-order valence-corrected chi connectivity index (χ2v) is 14.0. The van der Waals surface area contributed by atoms with E-state index < -0.39 is 69.0 Å². The van der Waals surface area contributed by atoms with Crippen LogP contribution in [0.1, 0.15) is 31.0 Å². The van der Waals surface area contributed by atoms with E-state index in [1.165, 1.54) is 48.5 Å².